The second kappa shape index (κ2) is 9.38. The molecule has 0 saturated carbocycles. The monoisotopic (exact) mass is 381 g/mol. The summed E-state index contributed by atoms with van der Waals surface area (Å²) in [5.74, 6) is 0.569. The molecule has 3 aromatic rings. The Balaban J connectivity index is 1.44. The first-order chi connectivity index (χ1) is 14.3. The van der Waals surface area contributed by atoms with E-state index in [0.29, 0.717) is 5.92 Å². The van der Waals surface area contributed by atoms with Gasteiger partial charge in [-0.2, -0.15) is 0 Å². The van der Waals surface area contributed by atoms with Gasteiger partial charge in [-0.25, -0.2) is 0 Å². The maximum Gasteiger partial charge on any atom is 0.195 e. The molecule has 3 aromatic carbocycles. The van der Waals surface area contributed by atoms with Crippen LogP contribution >= 0.6 is 0 Å². The van der Waals surface area contributed by atoms with Gasteiger partial charge >= 0.3 is 0 Å². The Hall–Kier alpha value is -3.13. The van der Waals surface area contributed by atoms with Crippen LogP contribution in [-0.2, 0) is 6.42 Å². The van der Waals surface area contributed by atoms with E-state index >= 15 is 0 Å². The highest BCUT2D eigenvalue weighted by molar-refractivity contribution is 6.12. The van der Waals surface area contributed by atoms with Crippen molar-refractivity contribution in [2.75, 3.05) is 11.9 Å². The number of carbonyl (C=O) groups excluding carboxylic acids is 1. The number of hydrogen-bond acceptors (Lipinski definition) is 2. The SMILES string of the molecule is O=C(c1ccccc1)c1ccccc1NC[C@H]1C=C(Cc2ccccc2)CCC1. The van der Waals surface area contributed by atoms with Crippen molar-refractivity contribution in [2.45, 2.75) is 25.7 Å². The van der Waals surface area contributed by atoms with Crippen molar-refractivity contribution in [1.82, 2.24) is 0 Å². The first-order valence-corrected chi connectivity index (χ1v) is 10.5. The summed E-state index contributed by atoms with van der Waals surface area (Å²) in [5.41, 5.74) is 5.30. The van der Waals surface area contributed by atoms with Crippen molar-refractivity contribution >= 4 is 11.5 Å². The standard InChI is InChI=1S/C27H27NO/c29-27(24-14-5-2-6-15-24)25-16-7-8-17-26(25)28-20-23-13-9-12-22(19-23)18-21-10-3-1-4-11-21/h1-8,10-11,14-17,19,23,28H,9,12-13,18,20H2/t23-/m1/s1. The number of para-hydroxylation sites is 1. The summed E-state index contributed by atoms with van der Waals surface area (Å²) in [6, 6.07) is 28.0. The van der Waals surface area contributed by atoms with E-state index in [9.17, 15) is 4.79 Å². The summed E-state index contributed by atoms with van der Waals surface area (Å²) in [7, 11) is 0. The summed E-state index contributed by atoms with van der Waals surface area (Å²) >= 11 is 0. The van der Waals surface area contributed by atoms with Gasteiger partial charge in [-0.15, -0.1) is 0 Å². The molecule has 2 heteroatoms. The molecule has 0 radical (unpaired) electrons. The zero-order valence-corrected chi connectivity index (χ0v) is 16.7. The van der Waals surface area contributed by atoms with Crippen LogP contribution < -0.4 is 5.32 Å². The highest BCUT2D eigenvalue weighted by Gasteiger charge is 2.16. The lowest BCUT2D eigenvalue weighted by molar-refractivity contribution is 0.103. The molecule has 1 aliphatic carbocycles. The fraction of sp³-hybridized carbons (Fsp3) is 0.222. The fourth-order valence-electron chi connectivity index (χ4n) is 4.08. The Morgan fingerprint density at radius 3 is 2.34 bits per heavy atom. The topological polar surface area (TPSA) is 29.1 Å². The first-order valence-electron chi connectivity index (χ1n) is 10.5. The molecule has 0 aliphatic heterocycles. The molecule has 0 amide bonds. The average molecular weight is 382 g/mol. The van der Waals surface area contributed by atoms with E-state index < -0.39 is 0 Å². The van der Waals surface area contributed by atoms with Crippen molar-refractivity contribution in [3.05, 3.63) is 113 Å². The van der Waals surface area contributed by atoms with Gasteiger partial charge in [-0.05, 0) is 49.3 Å². The van der Waals surface area contributed by atoms with Gasteiger partial charge in [0.1, 0.15) is 0 Å². The number of anilines is 1. The number of rotatable bonds is 7. The fourth-order valence-corrected chi connectivity index (χ4v) is 4.08. The van der Waals surface area contributed by atoms with Crippen molar-refractivity contribution in [3.8, 4) is 0 Å². The molecule has 0 bridgehead atoms. The Bertz CT molecular complexity index is 976. The molecule has 29 heavy (non-hydrogen) atoms. The minimum Gasteiger partial charge on any atom is -0.384 e. The molecule has 0 unspecified atom stereocenters. The van der Waals surface area contributed by atoms with Crippen LogP contribution in [0, 0.1) is 5.92 Å². The van der Waals surface area contributed by atoms with Crippen LogP contribution in [-0.4, -0.2) is 12.3 Å². The summed E-state index contributed by atoms with van der Waals surface area (Å²) in [6.45, 7) is 0.859. The van der Waals surface area contributed by atoms with Crippen LogP contribution in [0.25, 0.3) is 0 Å². The minimum atomic E-state index is 0.0673. The van der Waals surface area contributed by atoms with E-state index in [2.05, 4.69) is 41.7 Å². The smallest absolute Gasteiger partial charge is 0.195 e. The highest BCUT2D eigenvalue weighted by atomic mass is 16.1. The summed E-state index contributed by atoms with van der Waals surface area (Å²) in [5, 5.41) is 3.55. The van der Waals surface area contributed by atoms with Gasteiger partial charge in [0.2, 0.25) is 0 Å². The van der Waals surface area contributed by atoms with E-state index in [1.807, 2.05) is 54.6 Å². The quantitative estimate of drug-likeness (QED) is 0.384. The molecule has 4 rings (SSSR count). The zero-order valence-electron chi connectivity index (χ0n) is 16.7. The van der Waals surface area contributed by atoms with Gasteiger partial charge in [0, 0.05) is 23.4 Å². The van der Waals surface area contributed by atoms with Gasteiger partial charge in [-0.1, -0.05) is 84.4 Å². The third-order valence-electron chi connectivity index (χ3n) is 5.58. The zero-order chi connectivity index (χ0) is 19.9. The van der Waals surface area contributed by atoms with Crippen LogP contribution in [0.5, 0.6) is 0 Å². The molecule has 1 aliphatic rings. The second-order valence-electron chi connectivity index (χ2n) is 7.76. The van der Waals surface area contributed by atoms with Crippen LogP contribution in [0.15, 0.2) is 96.6 Å². The Morgan fingerprint density at radius 2 is 1.55 bits per heavy atom. The average Bonchev–Trinajstić information content (AvgIpc) is 2.79. The normalized spacial score (nSPS) is 16.1. The Morgan fingerprint density at radius 1 is 0.862 bits per heavy atom. The van der Waals surface area contributed by atoms with Crippen LogP contribution in [0.3, 0.4) is 0 Å². The maximum atomic E-state index is 12.9. The molecule has 0 spiro atoms. The van der Waals surface area contributed by atoms with E-state index in [-0.39, 0.29) is 5.78 Å². The third kappa shape index (κ3) is 5.03. The minimum absolute atomic E-state index is 0.0673. The number of allylic oxidation sites excluding steroid dienone is 1. The van der Waals surface area contributed by atoms with Crippen LogP contribution in [0.2, 0.25) is 0 Å². The molecule has 0 heterocycles. The lowest BCUT2D eigenvalue weighted by Crippen LogP contribution is -2.18. The molecule has 2 nitrogen and oxygen atoms in total. The number of ketones is 1. The molecular formula is C27H27NO. The third-order valence-corrected chi connectivity index (χ3v) is 5.58. The predicted molar refractivity (Wildman–Crippen MR) is 120 cm³/mol. The van der Waals surface area contributed by atoms with Crippen molar-refractivity contribution < 1.29 is 4.79 Å². The summed E-state index contributed by atoms with van der Waals surface area (Å²) in [4.78, 5) is 12.9. The van der Waals surface area contributed by atoms with Crippen LogP contribution in [0.4, 0.5) is 5.69 Å². The molecule has 146 valence electrons. The molecule has 1 atom stereocenters. The Kier molecular flexibility index (Phi) is 6.21. The van der Waals surface area contributed by atoms with E-state index in [0.717, 1.165) is 29.8 Å². The van der Waals surface area contributed by atoms with E-state index in [1.54, 1.807) is 0 Å². The number of carbonyl (C=O) groups is 1. The molecule has 1 N–H and O–H groups in total. The van der Waals surface area contributed by atoms with Crippen molar-refractivity contribution in [3.63, 3.8) is 0 Å². The summed E-state index contributed by atoms with van der Waals surface area (Å²) in [6.07, 6.45) is 7.11. The maximum absolute atomic E-state index is 12.9. The van der Waals surface area contributed by atoms with Gasteiger partial charge in [-0.3, -0.25) is 4.79 Å². The number of benzene rings is 3. The Labute approximate surface area is 173 Å². The molecule has 0 aromatic heterocycles. The van der Waals surface area contributed by atoms with E-state index in [4.69, 9.17) is 0 Å². The van der Waals surface area contributed by atoms with Crippen LogP contribution in [0.1, 0.15) is 40.7 Å². The van der Waals surface area contributed by atoms with Crippen molar-refractivity contribution in [1.29, 1.82) is 0 Å². The molecule has 0 fully saturated rings. The molecular weight excluding hydrogens is 354 g/mol. The van der Waals surface area contributed by atoms with E-state index in [1.165, 1.54) is 30.4 Å². The lowest BCUT2D eigenvalue weighted by atomic mass is 9.87. The van der Waals surface area contributed by atoms with Gasteiger partial charge in [0.25, 0.3) is 0 Å². The molecule has 0 saturated heterocycles. The van der Waals surface area contributed by atoms with Crippen molar-refractivity contribution in [2.24, 2.45) is 5.92 Å². The largest absolute Gasteiger partial charge is 0.384 e. The number of nitrogens with one attached hydrogen (secondary N) is 1. The number of hydrogen-bond donors (Lipinski definition) is 1. The second-order valence-corrected chi connectivity index (χ2v) is 7.76. The predicted octanol–water partition coefficient (Wildman–Crippen LogP) is 6.30. The van der Waals surface area contributed by atoms with Gasteiger partial charge in [0.05, 0.1) is 0 Å². The highest BCUT2D eigenvalue weighted by Crippen LogP contribution is 2.27. The first kappa shape index (κ1) is 19.2. The van der Waals surface area contributed by atoms with Gasteiger partial charge in [0.15, 0.2) is 5.78 Å². The lowest BCUT2D eigenvalue weighted by Gasteiger charge is -2.23. The summed E-state index contributed by atoms with van der Waals surface area (Å²) < 4.78 is 0. The van der Waals surface area contributed by atoms with Gasteiger partial charge < -0.3 is 5.32 Å².